The second-order valence-electron chi connectivity index (χ2n) is 3.18. The third-order valence-electron chi connectivity index (χ3n) is 2.10. The van der Waals surface area contributed by atoms with Crippen molar-refractivity contribution >= 4 is 0 Å². The molecule has 0 radical (unpaired) electrons. The van der Waals surface area contributed by atoms with Crippen molar-refractivity contribution in [1.82, 2.24) is 0 Å². The first-order valence-corrected chi connectivity index (χ1v) is 4.39. The second kappa shape index (κ2) is 3.54. The van der Waals surface area contributed by atoms with Crippen LogP contribution in [0.1, 0.15) is 0 Å². The van der Waals surface area contributed by atoms with Gasteiger partial charge in [0.25, 0.3) is 0 Å². The maximum atomic E-state index is 12.6. The summed E-state index contributed by atoms with van der Waals surface area (Å²) in [5, 5.41) is 0. The minimum Gasteiger partial charge on any atom is -0.208 e. The lowest BCUT2D eigenvalue weighted by Gasteiger charge is -1.96. The number of pyridine rings is 2. The number of rotatable bonds is 1. The highest BCUT2D eigenvalue weighted by Gasteiger charge is 2.02. The Hall–Kier alpha value is -1.77. The van der Waals surface area contributed by atoms with Crippen LogP contribution in [0.5, 0.6) is 0 Å². The molecule has 0 bridgehead atoms. The molecule has 2 aromatic rings. The Morgan fingerprint density at radius 2 is 1.29 bits per heavy atom. The fourth-order valence-electron chi connectivity index (χ4n) is 1.29. The predicted molar refractivity (Wildman–Crippen MR) is 49.8 cm³/mol. The average Bonchev–Trinajstić information content (AvgIpc) is 2.21. The van der Waals surface area contributed by atoms with E-state index in [1.165, 1.54) is 12.4 Å². The largest absolute Gasteiger partial charge is 0.219 e. The molecule has 2 rings (SSSR count). The highest BCUT2D eigenvalue weighted by molar-refractivity contribution is 5.60. The molecular formula is C11H11FN2+2. The summed E-state index contributed by atoms with van der Waals surface area (Å²) in [7, 11) is 1.96. The number of nitrogens with zero attached hydrogens (tertiary/aromatic N) is 2. The van der Waals surface area contributed by atoms with Crippen molar-refractivity contribution in [1.29, 1.82) is 0 Å². The van der Waals surface area contributed by atoms with Crippen LogP contribution in [0, 0.1) is 0 Å². The summed E-state index contributed by atoms with van der Waals surface area (Å²) >= 11 is 0. The van der Waals surface area contributed by atoms with Crippen molar-refractivity contribution in [3.05, 3.63) is 49.1 Å². The standard InChI is InChI=1S/C11H11FN2/c1-13-6-2-10(3-7-13)11-4-8-14(12)9-5-11/h2-9H,1H3/q+2. The maximum absolute atomic E-state index is 12.6. The molecule has 3 heteroatoms. The van der Waals surface area contributed by atoms with E-state index in [0.717, 1.165) is 11.1 Å². The molecule has 0 aromatic carbocycles. The zero-order valence-corrected chi connectivity index (χ0v) is 7.89. The summed E-state index contributed by atoms with van der Waals surface area (Å²) in [6.07, 6.45) is 6.71. The molecular weight excluding hydrogens is 179 g/mol. The van der Waals surface area contributed by atoms with E-state index in [0.29, 0.717) is 4.79 Å². The van der Waals surface area contributed by atoms with Gasteiger partial charge in [-0.05, 0) is 11.1 Å². The maximum Gasteiger partial charge on any atom is 0.219 e. The number of hydrogen-bond acceptors (Lipinski definition) is 0. The smallest absolute Gasteiger partial charge is 0.208 e. The van der Waals surface area contributed by atoms with Gasteiger partial charge in [-0.3, -0.25) is 0 Å². The Morgan fingerprint density at radius 3 is 1.79 bits per heavy atom. The zero-order chi connectivity index (χ0) is 9.97. The van der Waals surface area contributed by atoms with Gasteiger partial charge in [-0.1, -0.05) is 0 Å². The summed E-state index contributed by atoms with van der Waals surface area (Å²) in [6.45, 7) is 0. The van der Waals surface area contributed by atoms with E-state index in [1.807, 2.05) is 36.1 Å². The molecule has 0 aliphatic rings. The topological polar surface area (TPSA) is 7.76 Å². The van der Waals surface area contributed by atoms with Crippen molar-refractivity contribution in [2.24, 2.45) is 7.05 Å². The molecule has 2 aromatic heterocycles. The van der Waals surface area contributed by atoms with Crippen LogP contribution in [0.25, 0.3) is 11.1 Å². The van der Waals surface area contributed by atoms with Crippen molar-refractivity contribution in [3.63, 3.8) is 0 Å². The Kier molecular flexibility index (Phi) is 2.23. The van der Waals surface area contributed by atoms with Crippen molar-refractivity contribution in [3.8, 4) is 11.1 Å². The first-order valence-electron chi connectivity index (χ1n) is 4.39. The second-order valence-corrected chi connectivity index (χ2v) is 3.18. The van der Waals surface area contributed by atoms with Gasteiger partial charge in [-0.15, -0.1) is 0 Å². The SMILES string of the molecule is C[n+]1ccc(-c2cc[n+](F)cc2)cc1. The Morgan fingerprint density at radius 1 is 0.857 bits per heavy atom. The van der Waals surface area contributed by atoms with Crippen LogP contribution in [0.4, 0.5) is 4.48 Å². The van der Waals surface area contributed by atoms with Crippen LogP contribution in [0.15, 0.2) is 49.1 Å². The molecule has 2 nitrogen and oxygen atoms in total. The van der Waals surface area contributed by atoms with Crippen LogP contribution in [0.2, 0.25) is 0 Å². The van der Waals surface area contributed by atoms with Crippen LogP contribution < -0.4 is 9.36 Å². The van der Waals surface area contributed by atoms with E-state index in [2.05, 4.69) is 0 Å². The van der Waals surface area contributed by atoms with Crippen LogP contribution in [0.3, 0.4) is 0 Å². The number of hydrogen-bond donors (Lipinski definition) is 0. The highest BCUT2D eigenvalue weighted by atomic mass is 19.2. The van der Waals surface area contributed by atoms with Gasteiger partial charge in [0.15, 0.2) is 12.4 Å². The summed E-state index contributed by atoms with van der Waals surface area (Å²) in [6, 6.07) is 7.49. The van der Waals surface area contributed by atoms with Crippen molar-refractivity contribution in [2.45, 2.75) is 0 Å². The van der Waals surface area contributed by atoms with Gasteiger partial charge in [-0.2, -0.15) is 0 Å². The van der Waals surface area contributed by atoms with Gasteiger partial charge >= 0.3 is 0 Å². The van der Waals surface area contributed by atoms with E-state index < -0.39 is 0 Å². The molecule has 2 heterocycles. The Bertz CT molecular complexity index is 377. The first-order chi connectivity index (χ1) is 6.75. The van der Waals surface area contributed by atoms with Crippen molar-refractivity contribution in [2.75, 3.05) is 0 Å². The van der Waals surface area contributed by atoms with Crippen molar-refractivity contribution < 1.29 is 13.8 Å². The van der Waals surface area contributed by atoms with E-state index in [9.17, 15) is 4.48 Å². The molecule has 0 atom stereocenters. The van der Waals surface area contributed by atoms with E-state index in [-0.39, 0.29) is 0 Å². The Labute approximate surface area is 81.8 Å². The molecule has 0 fully saturated rings. The predicted octanol–water partition coefficient (Wildman–Crippen LogP) is 1.20. The number of halogens is 1. The molecule has 0 amide bonds. The lowest BCUT2D eigenvalue weighted by molar-refractivity contribution is -0.843. The monoisotopic (exact) mass is 190 g/mol. The fourth-order valence-corrected chi connectivity index (χ4v) is 1.29. The third kappa shape index (κ3) is 1.76. The molecule has 70 valence electrons. The summed E-state index contributed by atoms with van der Waals surface area (Å²) in [5.41, 5.74) is 2.10. The lowest BCUT2D eigenvalue weighted by atomic mass is 10.1. The molecule has 0 aliphatic carbocycles. The van der Waals surface area contributed by atoms with Crippen LogP contribution in [-0.2, 0) is 7.05 Å². The van der Waals surface area contributed by atoms with Gasteiger partial charge in [0.05, 0.1) is 4.48 Å². The minimum absolute atomic E-state index is 0.534. The zero-order valence-electron chi connectivity index (χ0n) is 7.89. The number of aryl methyl sites for hydroxylation is 1. The molecule has 0 N–H and O–H groups in total. The molecule has 0 aliphatic heterocycles. The van der Waals surface area contributed by atoms with Gasteiger partial charge in [0.2, 0.25) is 12.4 Å². The molecule has 0 saturated heterocycles. The molecule has 0 spiro atoms. The van der Waals surface area contributed by atoms with Crippen LogP contribution >= 0.6 is 0 Å². The quantitative estimate of drug-likeness (QED) is 0.597. The minimum atomic E-state index is 0.534. The summed E-state index contributed by atoms with van der Waals surface area (Å²) in [4.78, 5) is 0.534. The molecule has 0 saturated carbocycles. The van der Waals surface area contributed by atoms with Gasteiger partial charge < -0.3 is 0 Å². The first kappa shape index (κ1) is 8.81. The lowest BCUT2D eigenvalue weighted by Crippen LogP contribution is -2.25. The molecule has 0 unspecified atom stereocenters. The average molecular weight is 190 g/mol. The normalized spacial score (nSPS) is 10.1. The summed E-state index contributed by atoms with van der Waals surface area (Å²) in [5.74, 6) is 0. The Balaban J connectivity index is 2.40. The fraction of sp³-hybridized carbons (Fsp3) is 0.0909. The number of aromatic nitrogens is 2. The third-order valence-corrected chi connectivity index (χ3v) is 2.10. The van der Waals surface area contributed by atoms with Gasteiger partial charge in [0.1, 0.15) is 7.05 Å². The highest BCUT2D eigenvalue weighted by Crippen LogP contribution is 2.15. The summed E-state index contributed by atoms with van der Waals surface area (Å²) < 4.78 is 14.5. The van der Waals surface area contributed by atoms with Crippen LogP contribution in [-0.4, -0.2) is 0 Å². The molecule has 14 heavy (non-hydrogen) atoms. The van der Waals surface area contributed by atoms with E-state index >= 15 is 0 Å². The van der Waals surface area contributed by atoms with E-state index in [4.69, 9.17) is 0 Å². The van der Waals surface area contributed by atoms with Gasteiger partial charge in [-0.25, -0.2) is 4.57 Å². The van der Waals surface area contributed by atoms with Gasteiger partial charge in [0, 0.05) is 29.1 Å². The van der Waals surface area contributed by atoms with E-state index in [1.54, 1.807) is 12.1 Å².